The lowest BCUT2D eigenvalue weighted by atomic mass is 9.91. The lowest BCUT2D eigenvalue weighted by Crippen LogP contribution is -2.53. The molecule has 0 aromatic heterocycles. The highest BCUT2D eigenvalue weighted by Gasteiger charge is 2.30. The van der Waals surface area contributed by atoms with Gasteiger partial charge in [-0.25, -0.2) is 13.6 Å². The van der Waals surface area contributed by atoms with E-state index in [9.17, 15) is 18.4 Å². The second kappa shape index (κ2) is 6.48. The molecule has 1 aliphatic rings. The van der Waals surface area contributed by atoms with E-state index in [4.69, 9.17) is 10.8 Å². The number of primary amides is 1. The third-order valence-corrected chi connectivity index (χ3v) is 2.87. The minimum atomic E-state index is -2.48. The van der Waals surface area contributed by atoms with Crippen LogP contribution in [0.3, 0.4) is 0 Å². The van der Waals surface area contributed by atoms with Gasteiger partial charge in [-0.05, 0) is 12.3 Å². The molecule has 1 fully saturated rings. The Morgan fingerprint density at radius 2 is 2.11 bits per heavy atom. The highest BCUT2D eigenvalue weighted by atomic mass is 19.3. The normalized spacial score (nSPS) is 24.3. The molecule has 2 unspecified atom stereocenters. The van der Waals surface area contributed by atoms with Crippen LogP contribution in [0.2, 0.25) is 0 Å². The van der Waals surface area contributed by atoms with Crippen LogP contribution in [0.1, 0.15) is 12.8 Å². The van der Waals surface area contributed by atoms with Crippen molar-refractivity contribution in [2.75, 3.05) is 19.6 Å². The first-order chi connectivity index (χ1) is 8.38. The smallest absolute Gasteiger partial charge is 0.314 e. The van der Waals surface area contributed by atoms with Crippen molar-refractivity contribution in [3.05, 3.63) is 0 Å². The Balaban J connectivity index is 2.56. The van der Waals surface area contributed by atoms with Crippen molar-refractivity contribution in [1.29, 1.82) is 0 Å². The van der Waals surface area contributed by atoms with Crippen LogP contribution in [0.4, 0.5) is 13.6 Å². The Kier molecular flexibility index (Phi) is 5.26. The molecule has 2 amide bonds. The summed E-state index contributed by atoms with van der Waals surface area (Å²) in [6.45, 7) is 0.0176. The summed E-state index contributed by atoms with van der Waals surface area (Å²) in [4.78, 5) is 23.0. The molecule has 0 radical (unpaired) electrons. The lowest BCUT2D eigenvalue weighted by Gasteiger charge is -2.36. The maximum Gasteiger partial charge on any atom is 0.314 e. The van der Waals surface area contributed by atoms with E-state index < -0.39 is 25.0 Å². The molecule has 0 bridgehead atoms. The molecule has 18 heavy (non-hydrogen) atoms. The highest BCUT2D eigenvalue weighted by molar-refractivity contribution is 5.72. The summed E-state index contributed by atoms with van der Waals surface area (Å²) in [6.07, 6.45) is -2.13. The molecule has 6 nitrogen and oxygen atoms in total. The molecule has 0 spiro atoms. The number of rotatable bonds is 5. The molecular formula is C10H17F2N3O3. The Labute approximate surface area is 103 Å². The number of nitrogens with two attached hydrogens (primary N) is 1. The summed E-state index contributed by atoms with van der Waals surface area (Å²) >= 11 is 0. The second-order valence-corrected chi connectivity index (χ2v) is 4.44. The molecule has 1 aliphatic heterocycles. The van der Waals surface area contributed by atoms with E-state index in [1.165, 1.54) is 4.90 Å². The van der Waals surface area contributed by atoms with E-state index in [1.807, 2.05) is 0 Å². The number of alkyl halides is 2. The lowest BCUT2D eigenvalue weighted by molar-refractivity contribution is -0.138. The molecule has 4 N–H and O–H groups in total. The molecule has 1 rings (SSSR count). The predicted octanol–water partition coefficient (Wildman–Crippen LogP) is 0.0850. The zero-order chi connectivity index (χ0) is 13.7. The third-order valence-electron chi connectivity index (χ3n) is 2.87. The monoisotopic (exact) mass is 265 g/mol. The number of likely N-dealkylation sites (tertiary alicyclic amines) is 1. The summed E-state index contributed by atoms with van der Waals surface area (Å²) in [5, 5.41) is 11.3. The minimum absolute atomic E-state index is 0.101. The average Bonchev–Trinajstić information content (AvgIpc) is 2.25. The first-order valence-electron chi connectivity index (χ1n) is 5.66. The summed E-state index contributed by atoms with van der Waals surface area (Å²) in [7, 11) is 0. The van der Waals surface area contributed by atoms with Gasteiger partial charge in [0.1, 0.15) is 0 Å². The number of amides is 2. The molecule has 0 aromatic carbocycles. The van der Waals surface area contributed by atoms with Crippen LogP contribution < -0.4 is 11.1 Å². The van der Waals surface area contributed by atoms with Gasteiger partial charge in [-0.1, -0.05) is 0 Å². The molecule has 0 aliphatic carbocycles. The molecule has 0 aromatic rings. The maximum absolute atomic E-state index is 12.1. The molecule has 104 valence electrons. The number of carboxylic acid groups (broad SMARTS) is 1. The third kappa shape index (κ3) is 4.82. The van der Waals surface area contributed by atoms with Gasteiger partial charge >= 0.3 is 12.0 Å². The Bertz CT molecular complexity index is 315. The minimum Gasteiger partial charge on any atom is -0.481 e. The van der Waals surface area contributed by atoms with Crippen molar-refractivity contribution in [3.8, 4) is 0 Å². The van der Waals surface area contributed by atoms with Gasteiger partial charge in [0.05, 0.1) is 6.54 Å². The zero-order valence-electron chi connectivity index (χ0n) is 9.81. The van der Waals surface area contributed by atoms with Gasteiger partial charge in [0.15, 0.2) is 0 Å². The van der Waals surface area contributed by atoms with Crippen LogP contribution in [0.15, 0.2) is 0 Å². The number of halogens is 2. The van der Waals surface area contributed by atoms with E-state index in [0.29, 0.717) is 6.42 Å². The van der Waals surface area contributed by atoms with Crippen LogP contribution in [-0.2, 0) is 4.79 Å². The number of urea groups is 1. The molecule has 1 saturated heterocycles. The molecule has 0 saturated carbocycles. The number of carboxylic acids is 1. The van der Waals surface area contributed by atoms with Gasteiger partial charge in [0, 0.05) is 25.6 Å². The summed E-state index contributed by atoms with van der Waals surface area (Å²) < 4.78 is 24.2. The van der Waals surface area contributed by atoms with Gasteiger partial charge < -0.3 is 21.1 Å². The Morgan fingerprint density at radius 3 is 2.61 bits per heavy atom. The van der Waals surface area contributed by atoms with E-state index in [2.05, 4.69) is 5.32 Å². The maximum atomic E-state index is 12.1. The van der Waals surface area contributed by atoms with Crippen molar-refractivity contribution < 1.29 is 23.5 Å². The summed E-state index contributed by atoms with van der Waals surface area (Å²) in [5.74, 6) is -1.24. The first kappa shape index (κ1) is 14.6. The number of nitrogens with zero attached hydrogens (tertiary/aromatic N) is 1. The van der Waals surface area contributed by atoms with Crippen molar-refractivity contribution in [2.45, 2.75) is 25.3 Å². The van der Waals surface area contributed by atoms with Crippen molar-refractivity contribution in [2.24, 2.45) is 11.7 Å². The molecule has 2 atom stereocenters. The zero-order valence-corrected chi connectivity index (χ0v) is 9.81. The predicted molar refractivity (Wildman–Crippen MR) is 59.3 cm³/mol. The number of carbonyl (C=O) groups excluding carboxylic acids is 1. The van der Waals surface area contributed by atoms with Gasteiger partial charge in [-0.2, -0.15) is 0 Å². The Hall–Kier alpha value is -1.44. The van der Waals surface area contributed by atoms with Gasteiger partial charge in [0.2, 0.25) is 0 Å². The van der Waals surface area contributed by atoms with Gasteiger partial charge in [0.25, 0.3) is 6.43 Å². The van der Waals surface area contributed by atoms with Crippen LogP contribution in [0.25, 0.3) is 0 Å². The summed E-state index contributed by atoms with van der Waals surface area (Å²) in [5.41, 5.74) is 5.14. The van der Waals surface area contributed by atoms with E-state index in [0.717, 1.165) is 0 Å². The number of hydrogen-bond donors (Lipinski definition) is 3. The molecule has 8 heteroatoms. The first-order valence-corrected chi connectivity index (χ1v) is 5.66. The van der Waals surface area contributed by atoms with Gasteiger partial charge in [-0.15, -0.1) is 0 Å². The average molecular weight is 265 g/mol. The van der Waals surface area contributed by atoms with Crippen molar-refractivity contribution in [1.82, 2.24) is 10.2 Å². The standard InChI is InChI=1S/C10H17F2N3O3/c11-8(12)3-14-7-1-6(2-9(16)17)4-15(5-7)10(13)18/h6-8,14H,1-5H2,(H2,13,18)(H,16,17). The number of piperidine rings is 1. The fraction of sp³-hybridized carbons (Fsp3) is 0.800. The van der Waals surface area contributed by atoms with Crippen LogP contribution in [-0.4, -0.2) is 54.1 Å². The number of nitrogens with one attached hydrogen (secondary N) is 1. The second-order valence-electron chi connectivity index (χ2n) is 4.44. The fourth-order valence-electron chi connectivity index (χ4n) is 2.18. The summed E-state index contributed by atoms with van der Waals surface area (Å²) in [6, 6.07) is -1.00. The number of aliphatic carboxylic acids is 1. The van der Waals surface area contributed by atoms with Crippen LogP contribution in [0, 0.1) is 5.92 Å². The van der Waals surface area contributed by atoms with Gasteiger partial charge in [-0.3, -0.25) is 4.79 Å². The number of hydrogen-bond acceptors (Lipinski definition) is 3. The van der Waals surface area contributed by atoms with Crippen molar-refractivity contribution in [3.63, 3.8) is 0 Å². The van der Waals surface area contributed by atoms with Crippen LogP contribution in [0.5, 0.6) is 0 Å². The van der Waals surface area contributed by atoms with E-state index in [-0.39, 0.29) is 31.5 Å². The fourth-order valence-corrected chi connectivity index (χ4v) is 2.18. The van der Waals surface area contributed by atoms with Crippen LogP contribution >= 0.6 is 0 Å². The van der Waals surface area contributed by atoms with E-state index >= 15 is 0 Å². The van der Waals surface area contributed by atoms with E-state index in [1.54, 1.807) is 0 Å². The Morgan fingerprint density at radius 1 is 1.44 bits per heavy atom. The highest BCUT2D eigenvalue weighted by Crippen LogP contribution is 2.20. The largest absolute Gasteiger partial charge is 0.481 e. The number of carbonyl (C=O) groups is 2. The topological polar surface area (TPSA) is 95.7 Å². The SMILES string of the molecule is NC(=O)N1CC(CC(=O)O)CC(NCC(F)F)C1. The quantitative estimate of drug-likeness (QED) is 0.656. The molecule has 1 heterocycles. The molecular weight excluding hydrogens is 248 g/mol. The van der Waals surface area contributed by atoms with Crippen molar-refractivity contribution >= 4 is 12.0 Å².